The van der Waals surface area contributed by atoms with Crippen molar-refractivity contribution in [3.05, 3.63) is 53.1 Å². The molecule has 0 fully saturated rings. The second-order valence-corrected chi connectivity index (χ2v) is 4.26. The van der Waals surface area contributed by atoms with Gasteiger partial charge in [0.2, 0.25) is 0 Å². The first-order valence-electron chi connectivity index (χ1n) is 5.66. The van der Waals surface area contributed by atoms with Crippen molar-refractivity contribution in [2.24, 2.45) is 0 Å². The number of hydrogen-bond donors (Lipinski definition) is 2. The molecule has 0 spiro atoms. The molecule has 0 saturated carbocycles. The van der Waals surface area contributed by atoms with Gasteiger partial charge in [-0.05, 0) is 46.5 Å². The molecule has 1 aliphatic rings. The lowest BCUT2D eigenvalue weighted by atomic mass is 10.0. The van der Waals surface area contributed by atoms with E-state index in [1.165, 1.54) is 24.3 Å². The third kappa shape index (κ3) is 1.75. The van der Waals surface area contributed by atoms with Gasteiger partial charge in [-0.15, -0.1) is 0 Å². The molecule has 0 aliphatic heterocycles. The zero-order valence-corrected chi connectivity index (χ0v) is 9.99. The number of benzene rings is 2. The summed E-state index contributed by atoms with van der Waals surface area (Å²) < 4.78 is 0. The van der Waals surface area contributed by atoms with Crippen molar-refractivity contribution in [1.29, 1.82) is 0 Å². The number of carbonyl (C=O) groups excluding carboxylic acids is 1. The van der Waals surface area contributed by atoms with E-state index < -0.39 is 5.97 Å². The largest absolute Gasteiger partial charge is 0.478 e. The maximum absolute atomic E-state index is 12.3. The van der Waals surface area contributed by atoms with Gasteiger partial charge in [0, 0.05) is 11.1 Å². The van der Waals surface area contributed by atoms with Crippen molar-refractivity contribution < 1.29 is 29.9 Å². The topological polar surface area (TPSA) is 93.1 Å². The highest BCUT2D eigenvalue weighted by molar-refractivity contribution is 6.22. The number of ketones is 1. The predicted octanol–water partition coefficient (Wildman–Crippen LogP) is 2.38. The zero-order valence-electron chi connectivity index (χ0n) is 9.99. The van der Waals surface area contributed by atoms with E-state index in [-0.39, 0.29) is 17.1 Å². The number of hydrogen-bond acceptors (Lipinski definition) is 5. The smallest absolute Gasteiger partial charge is 0.335 e. The number of rotatable bonds is 3. The van der Waals surface area contributed by atoms with Crippen LogP contribution in [0.15, 0.2) is 36.4 Å². The van der Waals surface area contributed by atoms with Gasteiger partial charge >= 0.3 is 5.97 Å². The van der Waals surface area contributed by atoms with Gasteiger partial charge in [0.05, 0.1) is 5.56 Å². The highest BCUT2D eigenvalue weighted by Crippen LogP contribution is 2.38. The van der Waals surface area contributed by atoms with Crippen LogP contribution in [-0.4, -0.2) is 22.1 Å². The number of carboxylic acids is 1. The van der Waals surface area contributed by atoms with Crippen LogP contribution in [0, 0.1) is 0 Å². The number of carboxylic acid groups (broad SMARTS) is 1. The molecule has 100 valence electrons. The van der Waals surface area contributed by atoms with Gasteiger partial charge in [-0.1, -0.05) is 6.07 Å². The summed E-state index contributed by atoms with van der Waals surface area (Å²) in [6, 6.07) is 9.00. The first kappa shape index (κ1) is 12.3. The molecule has 3 rings (SSSR count). The normalized spacial score (nSPS) is 11.9. The minimum atomic E-state index is -1.09. The summed E-state index contributed by atoms with van der Waals surface area (Å²) in [6.07, 6.45) is 0. The highest BCUT2D eigenvalue weighted by atomic mass is 17.5. The van der Waals surface area contributed by atoms with E-state index in [0.717, 1.165) is 0 Å². The van der Waals surface area contributed by atoms with Crippen LogP contribution in [0.2, 0.25) is 0 Å². The first-order chi connectivity index (χ1) is 9.61. The summed E-state index contributed by atoms with van der Waals surface area (Å²) in [6.45, 7) is 0. The van der Waals surface area contributed by atoms with Gasteiger partial charge in [-0.25, -0.2) is 10.1 Å². The quantitative estimate of drug-likeness (QED) is 0.561. The summed E-state index contributed by atoms with van der Waals surface area (Å²) in [7, 11) is 0. The van der Waals surface area contributed by atoms with Crippen LogP contribution < -0.4 is 4.89 Å². The molecule has 20 heavy (non-hydrogen) atoms. The van der Waals surface area contributed by atoms with E-state index in [1.807, 2.05) is 0 Å². The van der Waals surface area contributed by atoms with Gasteiger partial charge in [0.25, 0.3) is 0 Å². The van der Waals surface area contributed by atoms with E-state index >= 15 is 0 Å². The third-order valence-electron chi connectivity index (χ3n) is 3.17. The number of carbonyl (C=O) groups is 2. The maximum Gasteiger partial charge on any atom is 0.335 e. The van der Waals surface area contributed by atoms with E-state index in [4.69, 9.17) is 10.4 Å². The van der Waals surface area contributed by atoms with Gasteiger partial charge in [-0.2, -0.15) is 0 Å². The molecule has 0 aromatic heterocycles. The molecule has 0 amide bonds. The Bertz CT molecular complexity index is 734. The average Bonchev–Trinajstić information content (AvgIpc) is 2.72. The Morgan fingerprint density at radius 2 is 1.60 bits per heavy atom. The molecule has 6 heteroatoms. The van der Waals surface area contributed by atoms with E-state index in [0.29, 0.717) is 22.3 Å². The van der Waals surface area contributed by atoms with Gasteiger partial charge in [0.15, 0.2) is 11.5 Å². The van der Waals surface area contributed by atoms with Crippen molar-refractivity contribution in [3.8, 4) is 16.9 Å². The Morgan fingerprint density at radius 1 is 0.950 bits per heavy atom. The third-order valence-corrected chi connectivity index (χ3v) is 3.17. The molecule has 0 heterocycles. The molecule has 0 saturated heterocycles. The molecule has 0 radical (unpaired) electrons. The minimum Gasteiger partial charge on any atom is -0.478 e. The monoisotopic (exact) mass is 272 g/mol. The van der Waals surface area contributed by atoms with Crippen molar-refractivity contribution in [2.75, 3.05) is 0 Å². The van der Waals surface area contributed by atoms with Crippen molar-refractivity contribution >= 4 is 11.8 Å². The van der Waals surface area contributed by atoms with Gasteiger partial charge in [0.1, 0.15) is 0 Å². The SMILES string of the molecule is O=C(O)c1ccc2c(c1)C(=O)c1cc(OOO)ccc1-2. The van der Waals surface area contributed by atoms with E-state index in [1.54, 1.807) is 12.1 Å². The number of fused-ring (bicyclic) bond motifs is 3. The van der Waals surface area contributed by atoms with Crippen LogP contribution >= 0.6 is 0 Å². The van der Waals surface area contributed by atoms with E-state index in [2.05, 4.69) is 9.93 Å². The van der Waals surface area contributed by atoms with Gasteiger partial charge < -0.3 is 9.99 Å². The molecular formula is C14H8O6. The van der Waals surface area contributed by atoms with Crippen molar-refractivity contribution in [1.82, 2.24) is 0 Å². The fourth-order valence-electron chi connectivity index (χ4n) is 2.29. The van der Waals surface area contributed by atoms with Crippen LogP contribution in [0.3, 0.4) is 0 Å². The van der Waals surface area contributed by atoms with Crippen LogP contribution in [0.4, 0.5) is 0 Å². The molecule has 6 nitrogen and oxygen atoms in total. The van der Waals surface area contributed by atoms with Crippen molar-refractivity contribution in [2.45, 2.75) is 0 Å². The van der Waals surface area contributed by atoms with E-state index in [9.17, 15) is 9.59 Å². The number of aromatic carboxylic acids is 1. The Kier molecular flexibility index (Phi) is 2.74. The molecule has 2 N–H and O–H groups in total. The lowest BCUT2D eigenvalue weighted by Crippen LogP contribution is -2.00. The molecule has 2 aromatic carbocycles. The Balaban J connectivity index is 2.13. The molecule has 1 aliphatic carbocycles. The Hall–Kier alpha value is -2.70. The summed E-state index contributed by atoms with van der Waals surface area (Å²) >= 11 is 0. The fourth-order valence-corrected chi connectivity index (χ4v) is 2.29. The molecular weight excluding hydrogens is 264 g/mol. The molecule has 0 bridgehead atoms. The maximum atomic E-state index is 12.3. The summed E-state index contributed by atoms with van der Waals surface area (Å²) in [5, 5.41) is 20.8. The summed E-state index contributed by atoms with van der Waals surface area (Å²) in [5.41, 5.74) is 2.12. The fraction of sp³-hybridized carbons (Fsp3) is 0. The van der Waals surface area contributed by atoms with Gasteiger partial charge in [-0.3, -0.25) is 4.79 Å². The van der Waals surface area contributed by atoms with Crippen LogP contribution in [0.5, 0.6) is 5.75 Å². The first-order valence-corrected chi connectivity index (χ1v) is 5.66. The lowest BCUT2D eigenvalue weighted by Gasteiger charge is -2.02. The highest BCUT2D eigenvalue weighted by Gasteiger charge is 2.28. The second kappa shape index (κ2) is 4.44. The Labute approximate surface area is 112 Å². The lowest BCUT2D eigenvalue weighted by molar-refractivity contribution is -0.438. The molecule has 2 aromatic rings. The second-order valence-electron chi connectivity index (χ2n) is 4.26. The average molecular weight is 272 g/mol. The summed E-state index contributed by atoms with van der Waals surface area (Å²) in [4.78, 5) is 27.7. The molecule has 0 unspecified atom stereocenters. The van der Waals surface area contributed by atoms with Crippen LogP contribution in [0.25, 0.3) is 11.1 Å². The van der Waals surface area contributed by atoms with Crippen LogP contribution in [0.1, 0.15) is 26.3 Å². The van der Waals surface area contributed by atoms with Crippen molar-refractivity contribution in [3.63, 3.8) is 0 Å². The summed E-state index contributed by atoms with van der Waals surface area (Å²) in [5.74, 6) is -1.21. The van der Waals surface area contributed by atoms with Crippen LogP contribution in [-0.2, 0) is 5.04 Å². The minimum absolute atomic E-state index is 0.0556. The molecule has 0 atom stereocenters. The Morgan fingerprint density at radius 3 is 2.25 bits per heavy atom. The predicted molar refractivity (Wildman–Crippen MR) is 66.6 cm³/mol. The standard InChI is InChI=1S/C14H8O6/c15-13-11-5-7(14(16)17)1-3-9(11)10-4-2-8(19-20-18)6-12(10)13/h1-6,18H,(H,16,17). The zero-order chi connectivity index (χ0) is 14.3.